The lowest BCUT2D eigenvalue weighted by Gasteiger charge is -2.34. The summed E-state index contributed by atoms with van der Waals surface area (Å²) in [7, 11) is -3.85. The highest BCUT2D eigenvalue weighted by Gasteiger charge is 2.34. The lowest BCUT2D eigenvalue weighted by atomic mass is 10.1. The van der Waals surface area contributed by atoms with Gasteiger partial charge in [-0.3, -0.25) is 0 Å². The average molecular weight is 365 g/mol. The Bertz CT molecular complexity index is 624. The fourth-order valence-electron chi connectivity index (χ4n) is 1.74. The summed E-state index contributed by atoms with van der Waals surface area (Å²) in [5.74, 6) is -0.604. The van der Waals surface area contributed by atoms with Crippen LogP contribution in [0, 0.1) is 5.82 Å². The number of nitrogens with zero attached hydrogens (tertiary/aromatic N) is 1. The van der Waals surface area contributed by atoms with E-state index in [0.717, 1.165) is 6.07 Å². The molecular weight excluding hydrogens is 347 g/mol. The van der Waals surface area contributed by atoms with Crippen LogP contribution in [-0.2, 0) is 10.0 Å². The number of sulfonamides is 1. The van der Waals surface area contributed by atoms with Crippen molar-refractivity contribution in [2.24, 2.45) is 0 Å². The first kappa shape index (κ1) is 17.1. The minimum Gasteiger partial charge on any atom is -0.398 e. The normalized spacial score (nSPS) is 12.7. The minimum atomic E-state index is -3.85. The Labute approximate surface area is 127 Å². The molecule has 2 N–H and O–H groups in total. The van der Waals surface area contributed by atoms with Crippen LogP contribution in [0.1, 0.15) is 20.8 Å². The van der Waals surface area contributed by atoms with Gasteiger partial charge in [0.05, 0.1) is 10.2 Å². The maximum atomic E-state index is 13.4. The number of nitrogens with two attached hydrogens (primary N) is 1. The van der Waals surface area contributed by atoms with Crippen molar-refractivity contribution < 1.29 is 12.8 Å². The Morgan fingerprint density at radius 1 is 1.45 bits per heavy atom. The zero-order valence-electron chi connectivity index (χ0n) is 11.7. The molecule has 1 rings (SSSR count). The van der Waals surface area contributed by atoms with Crippen molar-refractivity contribution in [3.8, 4) is 0 Å². The molecule has 0 heterocycles. The third-order valence-electron chi connectivity index (χ3n) is 2.66. The van der Waals surface area contributed by atoms with Gasteiger partial charge in [-0.25, -0.2) is 12.8 Å². The molecule has 0 radical (unpaired) electrons. The van der Waals surface area contributed by atoms with Crippen LogP contribution in [-0.4, -0.2) is 24.8 Å². The second kappa shape index (κ2) is 5.83. The van der Waals surface area contributed by atoms with Crippen LogP contribution < -0.4 is 5.73 Å². The van der Waals surface area contributed by atoms with E-state index in [0.29, 0.717) is 0 Å². The fraction of sp³-hybridized carbons (Fsp3) is 0.385. The first-order chi connectivity index (χ1) is 9.01. The van der Waals surface area contributed by atoms with Crippen molar-refractivity contribution in [1.29, 1.82) is 0 Å². The molecule has 0 spiro atoms. The Morgan fingerprint density at radius 2 is 2.00 bits per heavy atom. The van der Waals surface area contributed by atoms with Crippen LogP contribution in [0.15, 0.2) is 34.2 Å². The highest BCUT2D eigenvalue weighted by molar-refractivity contribution is 9.10. The number of hydrogen-bond acceptors (Lipinski definition) is 3. The third kappa shape index (κ3) is 3.39. The van der Waals surface area contributed by atoms with Crippen molar-refractivity contribution in [2.45, 2.75) is 31.2 Å². The largest absolute Gasteiger partial charge is 0.398 e. The number of hydrogen-bond donors (Lipinski definition) is 1. The van der Waals surface area contributed by atoms with Crippen LogP contribution in [0.2, 0.25) is 0 Å². The first-order valence-electron chi connectivity index (χ1n) is 5.90. The molecule has 0 saturated heterocycles. The molecule has 0 amide bonds. The highest BCUT2D eigenvalue weighted by atomic mass is 79.9. The van der Waals surface area contributed by atoms with E-state index in [2.05, 4.69) is 22.5 Å². The maximum Gasteiger partial charge on any atom is 0.245 e. The van der Waals surface area contributed by atoms with Crippen molar-refractivity contribution >= 4 is 31.6 Å². The zero-order valence-corrected chi connectivity index (χ0v) is 14.1. The van der Waals surface area contributed by atoms with Gasteiger partial charge in [-0.15, -0.1) is 6.58 Å². The summed E-state index contributed by atoms with van der Waals surface area (Å²) in [6.45, 7) is 9.01. The second-order valence-electron chi connectivity index (χ2n) is 5.30. The number of nitrogen functional groups attached to an aromatic ring is 1. The summed E-state index contributed by atoms with van der Waals surface area (Å²) in [5, 5.41) is 0. The van der Waals surface area contributed by atoms with Gasteiger partial charge in [-0.05, 0) is 48.8 Å². The van der Waals surface area contributed by atoms with E-state index in [9.17, 15) is 12.8 Å². The molecule has 112 valence electrons. The monoisotopic (exact) mass is 364 g/mol. The van der Waals surface area contributed by atoms with E-state index < -0.39 is 21.4 Å². The average Bonchev–Trinajstić information content (AvgIpc) is 2.28. The Morgan fingerprint density at radius 3 is 2.45 bits per heavy atom. The quantitative estimate of drug-likeness (QED) is 0.659. The molecule has 0 aliphatic heterocycles. The standard InChI is InChI=1S/C13H18BrFN2O2S/c1-5-6-17(13(2,3)4)20(18,19)12-7-9(14)10(15)8-11(12)16/h5,7-8H,1,6,16H2,2-4H3. The molecule has 20 heavy (non-hydrogen) atoms. The van der Waals surface area contributed by atoms with E-state index in [1.807, 2.05) is 0 Å². The molecule has 0 unspecified atom stereocenters. The second-order valence-corrected chi connectivity index (χ2v) is 7.98. The van der Waals surface area contributed by atoms with E-state index in [1.165, 1.54) is 16.4 Å². The molecule has 0 aliphatic carbocycles. The molecule has 1 aromatic carbocycles. The SMILES string of the molecule is C=CCN(C(C)(C)C)S(=O)(=O)c1cc(Br)c(F)cc1N. The van der Waals surface area contributed by atoms with E-state index in [4.69, 9.17) is 5.73 Å². The lowest BCUT2D eigenvalue weighted by Crippen LogP contribution is -2.45. The highest BCUT2D eigenvalue weighted by Crippen LogP contribution is 2.31. The van der Waals surface area contributed by atoms with Crippen molar-refractivity contribution in [2.75, 3.05) is 12.3 Å². The number of rotatable bonds is 4. The van der Waals surface area contributed by atoms with Crippen molar-refractivity contribution in [3.05, 3.63) is 35.1 Å². The van der Waals surface area contributed by atoms with Gasteiger partial charge in [0.1, 0.15) is 10.7 Å². The van der Waals surface area contributed by atoms with E-state index in [1.54, 1.807) is 20.8 Å². The zero-order chi connectivity index (χ0) is 15.7. The van der Waals surface area contributed by atoms with Gasteiger partial charge in [0, 0.05) is 12.1 Å². The van der Waals surface area contributed by atoms with Gasteiger partial charge in [-0.1, -0.05) is 6.08 Å². The van der Waals surface area contributed by atoms with Crippen LogP contribution in [0.4, 0.5) is 10.1 Å². The summed E-state index contributed by atoms with van der Waals surface area (Å²) in [6, 6.07) is 2.17. The molecule has 0 aliphatic rings. The van der Waals surface area contributed by atoms with Gasteiger partial charge < -0.3 is 5.73 Å². The van der Waals surface area contributed by atoms with Crippen molar-refractivity contribution in [3.63, 3.8) is 0 Å². The van der Waals surface area contributed by atoms with Gasteiger partial charge in [0.25, 0.3) is 0 Å². The molecule has 0 saturated carbocycles. The van der Waals surface area contributed by atoms with Crippen LogP contribution >= 0.6 is 15.9 Å². The first-order valence-corrected chi connectivity index (χ1v) is 8.13. The summed E-state index contributed by atoms with van der Waals surface area (Å²) in [5.41, 5.74) is 4.89. The van der Waals surface area contributed by atoms with E-state index in [-0.39, 0.29) is 21.6 Å². The maximum absolute atomic E-state index is 13.4. The predicted molar refractivity (Wildman–Crippen MR) is 82.4 cm³/mol. The summed E-state index contributed by atoms with van der Waals surface area (Å²) in [6.07, 6.45) is 1.50. The topological polar surface area (TPSA) is 63.4 Å². The molecule has 0 bridgehead atoms. The Hall–Kier alpha value is -0.920. The van der Waals surface area contributed by atoms with Gasteiger partial charge in [0.2, 0.25) is 10.0 Å². The molecule has 1 aromatic rings. The van der Waals surface area contributed by atoms with Crippen molar-refractivity contribution in [1.82, 2.24) is 4.31 Å². The predicted octanol–water partition coefficient (Wildman–Crippen LogP) is 3.15. The lowest BCUT2D eigenvalue weighted by molar-refractivity contribution is 0.270. The van der Waals surface area contributed by atoms with E-state index >= 15 is 0 Å². The molecular formula is C13H18BrFN2O2S. The number of anilines is 1. The Kier molecular flexibility index (Phi) is 4.99. The molecule has 0 fully saturated rings. The van der Waals surface area contributed by atoms with Crippen LogP contribution in [0.25, 0.3) is 0 Å². The minimum absolute atomic E-state index is 0.0535. The molecule has 4 nitrogen and oxygen atoms in total. The fourth-order valence-corrected chi connectivity index (χ4v) is 4.11. The van der Waals surface area contributed by atoms with Gasteiger partial charge >= 0.3 is 0 Å². The number of benzene rings is 1. The van der Waals surface area contributed by atoms with Gasteiger partial charge in [0.15, 0.2) is 0 Å². The molecule has 7 heteroatoms. The van der Waals surface area contributed by atoms with Crippen LogP contribution in [0.5, 0.6) is 0 Å². The molecule has 0 aromatic heterocycles. The summed E-state index contributed by atoms with van der Waals surface area (Å²) in [4.78, 5) is -0.123. The van der Waals surface area contributed by atoms with Gasteiger partial charge in [-0.2, -0.15) is 4.31 Å². The Balaban J connectivity index is 3.49. The van der Waals surface area contributed by atoms with Crippen LogP contribution in [0.3, 0.4) is 0 Å². The summed E-state index contributed by atoms with van der Waals surface area (Å²) >= 11 is 2.98. The third-order valence-corrected chi connectivity index (χ3v) is 5.46. The number of halogens is 2. The molecule has 0 atom stereocenters. The summed E-state index contributed by atoms with van der Waals surface area (Å²) < 4.78 is 40.1. The smallest absolute Gasteiger partial charge is 0.245 e.